The number of fused-ring (bicyclic) bond motifs is 1. The molecule has 0 spiro atoms. The number of nitro groups is 1. The summed E-state index contributed by atoms with van der Waals surface area (Å²) in [6.07, 6.45) is 0.150. The Labute approximate surface area is 118 Å². The molecule has 1 N–H and O–H groups in total. The third-order valence-corrected chi connectivity index (χ3v) is 4.48. The number of nitro benzene ring substituents is 1. The minimum absolute atomic E-state index is 0.0193. The summed E-state index contributed by atoms with van der Waals surface area (Å²) in [5, 5.41) is 20.9. The van der Waals surface area contributed by atoms with E-state index in [1.165, 1.54) is 23.5 Å². The first-order valence-corrected chi connectivity index (χ1v) is 7.01. The molecule has 6 nitrogen and oxygen atoms in total. The van der Waals surface area contributed by atoms with E-state index < -0.39 is 11.0 Å². The number of β-amino-alcohol motifs (C(OH)–C–C–N with tert-alkyl or cyclic N) is 1. The number of nitrogens with zero attached hydrogens (tertiary/aromatic N) is 2. The van der Waals surface area contributed by atoms with Crippen LogP contribution in [0.3, 0.4) is 0 Å². The number of likely N-dealkylation sites (tertiary alicyclic amines) is 1. The Kier molecular flexibility index (Phi) is 3.15. The van der Waals surface area contributed by atoms with Gasteiger partial charge >= 0.3 is 0 Å². The first-order valence-electron chi connectivity index (χ1n) is 6.20. The zero-order valence-corrected chi connectivity index (χ0v) is 11.3. The second kappa shape index (κ2) is 4.84. The molecular weight excluding hydrogens is 280 g/mol. The number of hydrogen-bond donors (Lipinski definition) is 1. The molecule has 0 aliphatic carbocycles. The SMILES string of the molecule is O=C(c1cc2cc([N+](=O)[O-])ccc2s1)N1CCC(O)C1. The summed E-state index contributed by atoms with van der Waals surface area (Å²) >= 11 is 1.32. The highest BCUT2D eigenvalue weighted by Gasteiger charge is 2.26. The van der Waals surface area contributed by atoms with Gasteiger partial charge in [0.1, 0.15) is 0 Å². The number of rotatable bonds is 2. The van der Waals surface area contributed by atoms with Crippen LogP contribution in [0.1, 0.15) is 16.1 Å². The molecule has 0 radical (unpaired) electrons. The minimum Gasteiger partial charge on any atom is -0.391 e. The van der Waals surface area contributed by atoms with Crippen LogP contribution in [0.15, 0.2) is 24.3 Å². The van der Waals surface area contributed by atoms with E-state index in [-0.39, 0.29) is 11.6 Å². The monoisotopic (exact) mass is 292 g/mol. The molecule has 1 fully saturated rings. The van der Waals surface area contributed by atoms with E-state index in [9.17, 15) is 20.0 Å². The molecule has 3 rings (SSSR count). The van der Waals surface area contributed by atoms with Crippen LogP contribution in [0.25, 0.3) is 10.1 Å². The van der Waals surface area contributed by atoms with Gasteiger partial charge in [-0.25, -0.2) is 0 Å². The first-order chi connectivity index (χ1) is 9.54. The molecule has 1 aliphatic rings. The summed E-state index contributed by atoms with van der Waals surface area (Å²) < 4.78 is 0.846. The summed E-state index contributed by atoms with van der Waals surface area (Å²) in [5.41, 5.74) is 0.0193. The molecule has 2 aromatic rings. The predicted molar refractivity (Wildman–Crippen MR) is 75.0 cm³/mol. The number of benzene rings is 1. The molecular formula is C13H12N2O4S. The van der Waals surface area contributed by atoms with E-state index in [0.717, 1.165) is 4.70 Å². The van der Waals surface area contributed by atoms with Gasteiger partial charge in [-0.15, -0.1) is 11.3 Å². The van der Waals surface area contributed by atoms with Gasteiger partial charge in [0.05, 0.1) is 15.9 Å². The zero-order valence-electron chi connectivity index (χ0n) is 10.5. The Morgan fingerprint density at radius 3 is 2.90 bits per heavy atom. The fourth-order valence-corrected chi connectivity index (χ4v) is 3.34. The quantitative estimate of drug-likeness (QED) is 0.678. The van der Waals surface area contributed by atoms with Gasteiger partial charge in [0.15, 0.2) is 0 Å². The van der Waals surface area contributed by atoms with Crippen molar-refractivity contribution in [3.63, 3.8) is 0 Å². The standard InChI is InChI=1S/C13H12N2O4S/c16-10-3-4-14(7-10)13(17)12-6-8-5-9(15(18)19)1-2-11(8)20-12/h1-2,5-6,10,16H,3-4,7H2. The topological polar surface area (TPSA) is 83.7 Å². The summed E-state index contributed by atoms with van der Waals surface area (Å²) in [6, 6.07) is 6.25. The van der Waals surface area contributed by atoms with E-state index in [1.54, 1.807) is 17.0 Å². The number of thiophene rings is 1. The molecule has 2 heterocycles. The van der Waals surface area contributed by atoms with Gasteiger partial charge in [0.2, 0.25) is 0 Å². The highest BCUT2D eigenvalue weighted by Crippen LogP contribution is 2.30. The smallest absolute Gasteiger partial charge is 0.270 e. The Balaban J connectivity index is 1.92. The van der Waals surface area contributed by atoms with Crippen molar-refractivity contribution >= 4 is 33.0 Å². The lowest BCUT2D eigenvalue weighted by Crippen LogP contribution is -2.28. The molecule has 1 aromatic carbocycles. The van der Waals surface area contributed by atoms with Crippen molar-refractivity contribution in [3.05, 3.63) is 39.3 Å². The van der Waals surface area contributed by atoms with Crippen molar-refractivity contribution in [2.24, 2.45) is 0 Å². The van der Waals surface area contributed by atoms with Gasteiger partial charge < -0.3 is 10.0 Å². The Morgan fingerprint density at radius 1 is 1.45 bits per heavy atom. The van der Waals surface area contributed by atoms with E-state index in [4.69, 9.17) is 0 Å². The Morgan fingerprint density at radius 2 is 2.25 bits per heavy atom. The van der Waals surface area contributed by atoms with E-state index in [1.807, 2.05) is 0 Å². The summed E-state index contributed by atoms with van der Waals surface area (Å²) in [5.74, 6) is -0.120. The number of amides is 1. The van der Waals surface area contributed by atoms with Crippen LogP contribution in [0.5, 0.6) is 0 Å². The fraction of sp³-hybridized carbons (Fsp3) is 0.308. The maximum atomic E-state index is 12.3. The van der Waals surface area contributed by atoms with Gasteiger partial charge in [-0.05, 0) is 18.6 Å². The van der Waals surface area contributed by atoms with Crippen LogP contribution in [0.4, 0.5) is 5.69 Å². The number of non-ortho nitro benzene ring substituents is 1. The molecule has 0 saturated carbocycles. The molecule has 0 bridgehead atoms. The molecule has 1 amide bonds. The van der Waals surface area contributed by atoms with Crippen molar-refractivity contribution < 1.29 is 14.8 Å². The second-order valence-electron chi connectivity index (χ2n) is 4.78. The second-order valence-corrected chi connectivity index (χ2v) is 5.87. The van der Waals surface area contributed by atoms with Gasteiger partial charge in [-0.1, -0.05) is 0 Å². The predicted octanol–water partition coefficient (Wildman–Crippen LogP) is 2.02. The number of aliphatic hydroxyl groups is 1. The normalized spacial score (nSPS) is 18.6. The van der Waals surface area contributed by atoms with Crippen molar-refractivity contribution in [1.82, 2.24) is 4.90 Å². The van der Waals surface area contributed by atoms with Crippen LogP contribution in [-0.4, -0.2) is 40.0 Å². The lowest BCUT2D eigenvalue weighted by Gasteiger charge is -2.13. The van der Waals surface area contributed by atoms with Gasteiger partial charge in [0, 0.05) is 35.3 Å². The average molecular weight is 292 g/mol. The molecule has 1 aliphatic heterocycles. The molecule has 1 atom stereocenters. The van der Waals surface area contributed by atoms with Gasteiger partial charge in [-0.2, -0.15) is 0 Å². The van der Waals surface area contributed by atoms with E-state index >= 15 is 0 Å². The van der Waals surface area contributed by atoms with Gasteiger partial charge in [0.25, 0.3) is 11.6 Å². The lowest BCUT2D eigenvalue weighted by molar-refractivity contribution is -0.384. The molecule has 1 aromatic heterocycles. The third-order valence-electron chi connectivity index (χ3n) is 3.37. The first kappa shape index (κ1) is 13.0. The third kappa shape index (κ3) is 2.25. The molecule has 7 heteroatoms. The number of aliphatic hydroxyl groups excluding tert-OH is 1. The number of hydrogen-bond acceptors (Lipinski definition) is 5. The average Bonchev–Trinajstić information content (AvgIpc) is 3.02. The molecule has 1 unspecified atom stereocenters. The Bertz CT molecular complexity index is 697. The lowest BCUT2D eigenvalue weighted by atomic mass is 10.2. The number of carbonyl (C=O) groups excluding carboxylic acids is 1. The van der Waals surface area contributed by atoms with Crippen LogP contribution in [-0.2, 0) is 0 Å². The molecule has 20 heavy (non-hydrogen) atoms. The summed E-state index contributed by atoms with van der Waals surface area (Å²) in [4.78, 5) is 24.7. The van der Waals surface area contributed by atoms with Crippen molar-refractivity contribution in [1.29, 1.82) is 0 Å². The van der Waals surface area contributed by atoms with Crippen molar-refractivity contribution in [2.45, 2.75) is 12.5 Å². The van der Waals surface area contributed by atoms with Crippen LogP contribution in [0, 0.1) is 10.1 Å². The van der Waals surface area contributed by atoms with Crippen molar-refractivity contribution in [2.75, 3.05) is 13.1 Å². The van der Waals surface area contributed by atoms with Crippen molar-refractivity contribution in [3.8, 4) is 0 Å². The fourth-order valence-electron chi connectivity index (χ4n) is 2.33. The van der Waals surface area contributed by atoms with Crippen LogP contribution < -0.4 is 0 Å². The largest absolute Gasteiger partial charge is 0.391 e. The van der Waals surface area contributed by atoms with E-state index in [2.05, 4.69) is 0 Å². The zero-order chi connectivity index (χ0) is 14.3. The van der Waals surface area contributed by atoms with Crippen LogP contribution >= 0.6 is 11.3 Å². The maximum absolute atomic E-state index is 12.3. The maximum Gasteiger partial charge on any atom is 0.270 e. The highest BCUT2D eigenvalue weighted by atomic mass is 32.1. The van der Waals surface area contributed by atoms with E-state index in [0.29, 0.717) is 29.8 Å². The summed E-state index contributed by atoms with van der Waals surface area (Å²) in [6.45, 7) is 0.904. The highest BCUT2D eigenvalue weighted by molar-refractivity contribution is 7.20. The summed E-state index contributed by atoms with van der Waals surface area (Å²) in [7, 11) is 0. The van der Waals surface area contributed by atoms with Gasteiger partial charge in [-0.3, -0.25) is 14.9 Å². The number of carbonyl (C=O) groups is 1. The molecule has 104 valence electrons. The Hall–Kier alpha value is -1.99. The van der Waals surface area contributed by atoms with Crippen LogP contribution in [0.2, 0.25) is 0 Å². The molecule has 1 saturated heterocycles. The minimum atomic E-state index is -0.450.